The lowest BCUT2D eigenvalue weighted by Crippen LogP contribution is -2.41. The lowest BCUT2D eigenvalue weighted by molar-refractivity contribution is -0.140. The molecule has 3 saturated carbocycles. The molecule has 654 valence electrons. The minimum atomic E-state index is -0.730. The number of hydrogen-bond donors (Lipinski definition) is 5. The number of ketones is 6. The molecule has 125 heavy (non-hydrogen) atoms. The second kappa shape index (κ2) is 42.7. The Morgan fingerprint density at radius 3 is 1.26 bits per heavy atom. The van der Waals surface area contributed by atoms with Crippen LogP contribution in [0.25, 0.3) is 0 Å². The van der Waals surface area contributed by atoms with E-state index in [1.165, 1.54) is 0 Å². The van der Waals surface area contributed by atoms with Crippen LogP contribution in [-0.4, -0.2) is 182 Å². The summed E-state index contributed by atoms with van der Waals surface area (Å²) in [5.74, 6) is -9.07. The van der Waals surface area contributed by atoms with Crippen LogP contribution in [0.3, 0.4) is 0 Å². The molecule has 29 nitrogen and oxygen atoms in total. The van der Waals surface area contributed by atoms with Crippen molar-refractivity contribution in [1.29, 1.82) is 0 Å². The highest BCUT2D eigenvalue weighted by Gasteiger charge is 2.51. The van der Waals surface area contributed by atoms with E-state index in [2.05, 4.69) is 36.9 Å². The largest absolute Gasteiger partial charge is 0.497 e. The lowest BCUT2D eigenvalue weighted by Gasteiger charge is -2.17. The van der Waals surface area contributed by atoms with Gasteiger partial charge in [-0.05, 0) is 124 Å². The molecule has 1 unspecified atom stereocenters. The molecule has 0 bridgehead atoms. The number of rotatable bonds is 31. The summed E-state index contributed by atoms with van der Waals surface area (Å²) in [6.45, 7) is 12.3. The normalized spacial score (nSPS) is 21.0. The Morgan fingerprint density at radius 1 is 0.464 bits per heavy atom. The highest BCUT2D eigenvalue weighted by atomic mass is 16.5. The average molecular weight is 1700 g/mol. The molecule has 16 rings (SSSR count). The molecular formula is C96H107N11O18. The third kappa shape index (κ3) is 24.4. The van der Waals surface area contributed by atoms with Crippen molar-refractivity contribution in [1.82, 2.24) is 56.5 Å². The standard InChI is InChI=1S/C23H24N2O4.C20H21N3O4.C20H23N3O4.C17H19NO3.C16H20N2O3/c1-29-18-11-7-15(8-12-18)13-25-14-19(21(26)22(27)24-17-9-10-17)20(23(25)28)16-5-3-2-4-6-16;1-12-9-15(22-27-12)10-23-11-16(18(24)19(25)21-14-7-8-14)17(20(23)26)13-5-3-2-4-6-13;1-12(2)21-19(25)18(24)16-11-23(10-15-9-13(3)27-22-15)20(26)17(16)14-7-5-4-6-8-14;19-15(8-12-6-7-12)17(21)14-9-16(20)18(11-14)10-13-4-2-1-3-5-13;1-2-3-9-17-16(21)14(19)12-10-18-15(20)13(12)11-7-5-4-6-8-11/h2-8,11-12,17,19-20H,9-10,13-14H2,1H3,(H,24,27);2-6,9,14,16-17H,7-8,10-11H2,1H3,(H,21,25);4-9,12,16-17H,10-11H2,1-3H3,(H,21,25);1-5,12,14H,6-11H2;4-8,12-13H,2-3,9-10H2,1H3,(H,17,21)(H,18,20)/t19-,20+;2*16-,17+;;12-,13+/m000.0/s1. The first kappa shape index (κ1) is 91.0. The number of aromatic nitrogens is 2. The zero-order valence-electron chi connectivity index (χ0n) is 71.1. The Morgan fingerprint density at radius 2 is 0.864 bits per heavy atom. The van der Waals surface area contributed by atoms with E-state index in [9.17, 15) is 71.9 Å². The minimum absolute atomic E-state index is 0.0311. The molecule has 29 heteroatoms. The Balaban J connectivity index is 0.000000143. The van der Waals surface area contributed by atoms with Gasteiger partial charge in [-0.2, -0.15) is 0 Å². The van der Waals surface area contributed by atoms with Crippen molar-refractivity contribution in [3.8, 4) is 5.75 Å². The van der Waals surface area contributed by atoms with Crippen molar-refractivity contribution in [2.24, 2.45) is 35.5 Å². The first-order valence-electron chi connectivity index (χ1n) is 42.8. The maximum atomic E-state index is 13.2. The second-order valence-electron chi connectivity index (χ2n) is 33.4. The molecule has 8 aliphatic rings. The summed E-state index contributed by atoms with van der Waals surface area (Å²) in [5, 5.41) is 21.3. The highest BCUT2D eigenvalue weighted by molar-refractivity contribution is 6.40. The first-order valence-corrected chi connectivity index (χ1v) is 42.8. The number of unbranched alkanes of at least 4 members (excludes halogenated alkanes) is 1. The number of amides is 9. The molecule has 9 amide bonds. The van der Waals surface area contributed by atoms with Gasteiger partial charge in [0.15, 0.2) is 5.78 Å². The smallest absolute Gasteiger partial charge is 0.287 e. The van der Waals surface area contributed by atoms with Crippen LogP contribution in [0.2, 0.25) is 0 Å². The summed E-state index contributed by atoms with van der Waals surface area (Å²) >= 11 is 0. The molecule has 0 radical (unpaired) electrons. The molecule has 8 aromatic rings. The Hall–Kier alpha value is -13.2. The van der Waals surface area contributed by atoms with Crippen LogP contribution in [0.15, 0.2) is 197 Å². The zero-order valence-corrected chi connectivity index (χ0v) is 71.1. The van der Waals surface area contributed by atoms with Gasteiger partial charge in [-0.25, -0.2) is 0 Å². The first-order chi connectivity index (χ1) is 60.2. The van der Waals surface area contributed by atoms with Crippen molar-refractivity contribution in [2.75, 3.05) is 46.4 Å². The van der Waals surface area contributed by atoms with Crippen LogP contribution >= 0.6 is 0 Å². The van der Waals surface area contributed by atoms with Crippen LogP contribution in [0.1, 0.15) is 165 Å². The van der Waals surface area contributed by atoms with Crippen LogP contribution in [0, 0.1) is 49.4 Å². The van der Waals surface area contributed by atoms with E-state index in [4.69, 9.17) is 13.8 Å². The van der Waals surface area contributed by atoms with Gasteiger partial charge in [-0.1, -0.05) is 187 Å². The quantitative estimate of drug-likeness (QED) is 0.0200. The molecule has 5 N–H and O–H groups in total. The van der Waals surface area contributed by atoms with Gasteiger partial charge in [0.1, 0.15) is 28.7 Å². The number of likely N-dealkylation sites (tertiary alicyclic amines) is 4. The van der Waals surface area contributed by atoms with E-state index in [0.29, 0.717) is 61.4 Å². The summed E-state index contributed by atoms with van der Waals surface area (Å²) in [6, 6.07) is 57.4. The second-order valence-corrected chi connectivity index (χ2v) is 33.4. The van der Waals surface area contributed by atoms with Gasteiger partial charge in [0.25, 0.3) is 23.6 Å². The van der Waals surface area contributed by atoms with Crippen LogP contribution in [0.4, 0.5) is 0 Å². The van der Waals surface area contributed by atoms with Crippen LogP contribution in [-0.2, 0) is 98.1 Å². The van der Waals surface area contributed by atoms with Crippen molar-refractivity contribution in [2.45, 2.75) is 167 Å². The number of carbonyl (C=O) groups excluding carboxylic acids is 15. The minimum Gasteiger partial charge on any atom is -0.497 e. The van der Waals surface area contributed by atoms with E-state index in [0.717, 1.165) is 90.5 Å². The number of hydrogen-bond acceptors (Lipinski definition) is 20. The number of carbonyl (C=O) groups is 15. The summed E-state index contributed by atoms with van der Waals surface area (Å²) in [5.41, 5.74) is 6.26. The van der Waals surface area contributed by atoms with Gasteiger partial charge >= 0.3 is 0 Å². The van der Waals surface area contributed by atoms with E-state index < -0.39 is 100 Å². The van der Waals surface area contributed by atoms with E-state index in [1.54, 1.807) is 66.5 Å². The number of aryl methyl sites for hydroxylation is 2. The predicted molar refractivity (Wildman–Crippen MR) is 456 cm³/mol. The van der Waals surface area contributed by atoms with Crippen LogP contribution < -0.4 is 31.3 Å². The third-order valence-electron chi connectivity index (χ3n) is 23.1. The summed E-state index contributed by atoms with van der Waals surface area (Å²) < 4.78 is 15.3. The number of methoxy groups -OCH3 is 1. The summed E-state index contributed by atoms with van der Waals surface area (Å²) in [6.07, 6.45) is 8.09. The van der Waals surface area contributed by atoms with E-state index in [1.807, 2.05) is 183 Å². The Labute approximate surface area is 725 Å². The van der Waals surface area contributed by atoms with E-state index >= 15 is 0 Å². The lowest BCUT2D eigenvalue weighted by atomic mass is 9.85. The Kier molecular flexibility index (Phi) is 31.1. The molecule has 9 atom stereocenters. The average Bonchev–Trinajstić information content (AvgIpc) is 1.65. The maximum absolute atomic E-state index is 13.2. The molecule has 5 saturated heterocycles. The van der Waals surface area contributed by atoms with Crippen LogP contribution in [0.5, 0.6) is 5.75 Å². The number of Topliss-reactive ketones (excluding diaryl/α,β-unsaturated/α-hetero) is 6. The van der Waals surface area contributed by atoms with Gasteiger partial charge in [-0.15, -0.1) is 0 Å². The zero-order chi connectivity index (χ0) is 89.0. The van der Waals surface area contributed by atoms with Gasteiger partial charge in [0, 0.05) is 95.5 Å². The molecule has 7 heterocycles. The molecule has 8 fully saturated rings. The maximum Gasteiger partial charge on any atom is 0.287 e. The summed E-state index contributed by atoms with van der Waals surface area (Å²) in [7, 11) is 1.60. The van der Waals surface area contributed by atoms with Crippen molar-refractivity contribution >= 4 is 87.9 Å². The molecule has 0 spiro atoms. The van der Waals surface area contributed by atoms with Crippen molar-refractivity contribution in [3.05, 3.63) is 244 Å². The number of nitrogens with zero attached hydrogens (tertiary/aromatic N) is 6. The third-order valence-corrected chi connectivity index (χ3v) is 23.1. The monoisotopic (exact) mass is 1700 g/mol. The van der Waals surface area contributed by atoms with Crippen molar-refractivity contribution < 1.29 is 85.7 Å². The topological polar surface area (TPSA) is 390 Å². The Bertz CT molecular complexity index is 5050. The van der Waals surface area contributed by atoms with E-state index in [-0.39, 0.29) is 105 Å². The molecule has 2 aromatic heterocycles. The highest BCUT2D eigenvalue weighted by Crippen LogP contribution is 2.40. The predicted octanol–water partition coefficient (Wildman–Crippen LogP) is 8.65. The van der Waals surface area contributed by atoms with Gasteiger partial charge in [0.2, 0.25) is 58.5 Å². The number of nitrogens with one attached hydrogen (secondary N) is 5. The van der Waals surface area contributed by atoms with Gasteiger partial charge in [-0.3, -0.25) is 71.9 Å². The summed E-state index contributed by atoms with van der Waals surface area (Å²) in [4.78, 5) is 194. The van der Waals surface area contributed by atoms with Crippen molar-refractivity contribution in [3.63, 3.8) is 0 Å². The molecular weight excluding hydrogens is 1600 g/mol. The fraction of sp³-hybridized carbons (Fsp3) is 0.406. The van der Waals surface area contributed by atoms with Gasteiger partial charge in [0.05, 0.1) is 73.5 Å². The SMILES string of the molecule is CCCCNC(=O)C(=O)[C@H]1CNC(=O)[C@@H]1c1ccccc1.COc1ccc(CN2C[C@H](C(=O)C(=O)NC3CC3)[C@@H](c3ccccc3)C2=O)cc1.Cc1cc(CN2C[C@H](C(=O)C(=O)NC(C)C)[C@@H](c3ccccc3)C2=O)no1.Cc1cc(CN2C[C@H](C(=O)C(=O)NC3CC3)[C@@H](c3ccccc3)C2=O)no1.O=C(CC1CC1)C(=O)C1CC(=O)N(Cc2ccccc2)C1. The molecule has 6 aromatic carbocycles. The number of ether oxygens (including phenoxy) is 1. The number of benzene rings is 6. The van der Waals surface area contributed by atoms with Gasteiger partial charge < -0.3 is 60.0 Å². The fourth-order valence-electron chi connectivity index (χ4n) is 16.1. The molecule has 5 aliphatic heterocycles. The molecule has 3 aliphatic carbocycles. The fourth-order valence-corrected chi connectivity index (χ4v) is 16.1.